The average molecular weight is 351 g/mol. The zero-order valence-corrected chi connectivity index (χ0v) is 14.1. The van der Waals surface area contributed by atoms with Crippen LogP contribution in [0.5, 0.6) is 0 Å². The molecule has 6 heteroatoms. The molecule has 0 saturated carbocycles. The number of hydrogen-bond acceptors (Lipinski definition) is 2. The number of hydrogen-bond donors (Lipinski definition) is 1. The summed E-state index contributed by atoms with van der Waals surface area (Å²) in [5.41, 5.74) is 1.56. The van der Waals surface area contributed by atoms with Gasteiger partial charge in [-0.15, -0.1) is 0 Å². The predicted octanol–water partition coefficient (Wildman–Crippen LogP) is 3.28. The highest BCUT2D eigenvalue weighted by Gasteiger charge is 2.31. The number of carbonyl (C=O) groups excluding carboxylic acids is 1. The molecule has 1 aromatic heterocycles. The van der Waals surface area contributed by atoms with Gasteiger partial charge in [0.25, 0.3) is 11.5 Å². The lowest BCUT2D eigenvalue weighted by atomic mass is 10.0. The van der Waals surface area contributed by atoms with Crippen molar-refractivity contribution in [2.24, 2.45) is 0 Å². The summed E-state index contributed by atoms with van der Waals surface area (Å²) in [6, 6.07) is 16.6. The summed E-state index contributed by atoms with van der Waals surface area (Å²) in [5, 5.41) is 2.91. The van der Waals surface area contributed by atoms with Gasteiger partial charge in [0, 0.05) is 12.6 Å². The summed E-state index contributed by atoms with van der Waals surface area (Å²) < 4.78 is 14.5. The van der Waals surface area contributed by atoms with Gasteiger partial charge in [0.05, 0.1) is 11.7 Å². The van der Waals surface area contributed by atoms with E-state index in [1.54, 1.807) is 29.2 Å². The Balaban J connectivity index is 1.63. The summed E-state index contributed by atoms with van der Waals surface area (Å²) >= 11 is 0. The molecule has 1 atom stereocenters. The number of aromatic amines is 1. The Kier molecular flexibility index (Phi) is 4.16. The van der Waals surface area contributed by atoms with Crippen LogP contribution in [0.4, 0.5) is 4.39 Å². The number of nitrogens with one attached hydrogen (secondary N) is 1. The number of nitrogens with zero attached hydrogens (tertiary/aromatic N) is 2. The van der Waals surface area contributed by atoms with Crippen LogP contribution in [0.15, 0.2) is 65.5 Å². The van der Waals surface area contributed by atoms with Crippen LogP contribution >= 0.6 is 0 Å². The molecule has 4 rings (SSSR count). The van der Waals surface area contributed by atoms with Crippen LogP contribution in [0, 0.1) is 5.82 Å². The van der Waals surface area contributed by atoms with E-state index in [1.807, 2.05) is 18.2 Å². The molecule has 132 valence electrons. The first-order chi connectivity index (χ1) is 12.6. The van der Waals surface area contributed by atoms with Crippen molar-refractivity contribution in [2.75, 3.05) is 6.54 Å². The van der Waals surface area contributed by atoms with Crippen LogP contribution in [0.2, 0.25) is 0 Å². The van der Waals surface area contributed by atoms with Crippen molar-refractivity contribution in [3.8, 4) is 5.69 Å². The lowest BCUT2D eigenvalue weighted by Gasteiger charge is -2.24. The van der Waals surface area contributed by atoms with Crippen molar-refractivity contribution in [3.63, 3.8) is 0 Å². The van der Waals surface area contributed by atoms with Crippen molar-refractivity contribution in [2.45, 2.75) is 18.9 Å². The average Bonchev–Trinajstić information content (AvgIpc) is 3.29. The van der Waals surface area contributed by atoms with E-state index in [2.05, 4.69) is 5.10 Å². The quantitative estimate of drug-likeness (QED) is 0.787. The number of rotatable bonds is 3. The van der Waals surface area contributed by atoms with Crippen molar-refractivity contribution in [3.05, 3.63) is 88.1 Å². The fraction of sp³-hybridized carbons (Fsp3) is 0.200. The summed E-state index contributed by atoms with van der Waals surface area (Å²) in [7, 11) is 0. The number of halogens is 1. The molecular weight excluding hydrogens is 333 g/mol. The first-order valence-electron chi connectivity index (χ1n) is 8.57. The number of para-hydroxylation sites is 1. The monoisotopic (exact) mass is 351 g/mol. The van der Waals surface area contributed by atoms with Gasteiger partial charge in [-0.3, -0.25) is 14.7 Å². The lowest BCUT2D eigenvalue weighted by molar-refractivity contribution is 0.0729. The molecule has 1 N–H and O–H groups in total. The van der Waals surface area contributed by atoms with E-state index >= 15 is 0 Å². The van der Waals surface area contributed by atoms with Gasteiger partial charge in [-0.05, 0) is 42.7 Å². The number of amides is 1. The van der Waals surface area contributed by atoms with Crippen LogP contribution in [-0.4, -0.2) is 27.1 Å². The molecule has 0 bridgehead atoms. The second-order valence-corrected chi connectivity index (χ2v) is 6.39. The minimum Gasteiger partial charge on any atom is -0.330 e. The number of H-pyrrole nitrogens is 1. The van der Waals surface area contributed by atoms with E-state index in [0.29, 0.717) is 12.2 Å². The van der Waals surface area contributed by atoms with E-state index in [-0.39, 0.29) is 29.0 Å². The molecule has 1 aliphatic heterocycles. The molecule has 0 aliphatic carbocycles. The summed E-state index contributed by atoms with van der Waals surface area (Å²) in [6.45, 7) is 0.611. The van der Waals surface area contributed by atoms with Crippen LogP contribution < -0.4 is 5.56 Å². The minimum atomic E-state index is -0.297. The van der Waals surface area contributed by atoms with Crippen LogP contribution in [0.3, 0.4) is 0 Å². The van der Waals surface area contributed by atoms with Gasteiger partial charge < -0.3 is 4.90 Å². The predicted molar refractivity (Wildman–Crippen MR) is 95.8 cm³/mol. The van der Waals surface area contributed by atoms with Crippen molar-refractivity contribution in [1.29, 1.82) is 0 Å². The van der Waals surface area contributed by atoms with E-state index in [4.69, 9.17) is 0 Å². The SMILES string of the molecule is O=C(c1cc(=O)n(-c2ccccc2)[nH]1)N1CCC[C@H]1c1ccc(F)cc1. The largest absolute Gasteiger partial charge is 0.330 e. The minimum absolute atomic E-state index is 0.105. The highest BCUT2D eigenvalue weighted by molar-refractivity contribution is 5.92. The van der Waals surface area contributed by atoms with Gasteiger partial charge in [-0.1, -0.05) is 30.3 Å². The zero-order chi connectivity index (χ0) is 18.1. The van der Waals surface area contributed by atoms with Gasteiger partial charge in [-0.25, -0.2) is 9.07 Å². The molecule has 0 unspecified atom stereocenters. The number of carbonyl (C=O) groups is 1. The van der Waals surface area contributed by atoms with Gasteiger partial charge >= 0.3 is 0 Å². The third-order valence-electron chi connectivity index (χ3n) is 4.73. The fourth-order valence-corrected chi connectivity index (χ4v) is 3.47. The lowest BCUT2D eigenvalue weighted by Crippen LogP contribution is -2.31. The number of aromatic nitrogens is 2. The Morgan fingerprint density at radius 1 is 1.08 bits per heavy atom. The Morgan fingerprint density at radius 2 is 1.81 bits per heavy atom. The standard InChI is InChI=1S/C20H18FN3O2/c21-15-10-8-14(9-11-15)18-7-4-12-23(18)20(26)17-13-19(25)24(22-17)16-5-2-1-3-6-16/h1-3,5-6,8-11,13,18,22H,4,7,12H2/t18-/m0/s1. The molecule has 26 heavy (non-hydrogen) atoms. The van der Waals surface area contributed by atoms with E-state index in [0.717, 1.165) is 18.4 Å². The second-order valence-electron chi connectivity index (χ2n) is 6.39. The van der Waals surface area contributed by atoms with Gasteiger partial charge in [0.15, 0.2) is 0 Å². The van der Waals surface area contributed by atoms with Crippen molar-refractivity contribution >= 4 is 5.91 Å². The molecule has 1 saturated heterocycles. The summed E-state index contributed by atoms with van der Waals surface area (Å²) in [6.07, 6.45) is 1.69. The number of benzene rings is 2. The molecule has 1 amide bonds. The third-order valence-corrected chi connectivity index (χ3v) is 4.73. The number of likely N-dealkylation sites (tertiary alicyclic amines) is 1. The normalized spacial score (nSPS) is 16.8. The van der Waals surface area contributed by atoms with Crippen molar-refractivity contribution in [1.82, 2.24) is 14.7 Å². The highest BCUT2D eigenvalue weighted by atomic mass is 19.1. The van der Waals surface area contributed by atoms with E-state index < -0.39 is 0 Å². The van der Waals surface area contributed by atoms with Crippen LogP contribution in [0.1, 0.15) is 34.9 Å². The first-order valence-corrected chi connectivity index (χ1v) is 8.57. The molecule has 0 radical (unpaired) electrons. The maximum absolute atomic E-state index is 13.2. The smallest absolute Gasteiger partial charge is 0.272 e. The maximum atomic E-state index is 13.2. The molecule has 2 heterocycles. The van der Waals surface area contributed by atoms with Crippen LogP contribution in [0.25, 0.3) is 5.69 Å². The van der Waals surface area contributed by atoms with Gasteiger partial charge in [-0.2, -0.15) is 0 Å². The highest BCUT2D eigenvalue weighted by Crippen LogP contribution is 2.32. The zero-order valence-electron chi connectivity index (χ0n) is 14.1. The molecular formula is C20H18FN3O2. The molecule has 3 aromatic rings. The second kappa shape index (κ2) is 6.63. The Labute approximate surface area is 149 Å². The summed E-state index contributed by atoms with van der Waals surface area (Å²) in [5.74, 6) is -0.516. The summed E-state index contributed by atoms with van der Waals surface area (Å²) in [4.78, 5) is 27.0. The topological polar surface area (TPSA) is 58.1 Å². The van der Waals surface area contributed by atoms with Gasteiger partial charge in [0.2, 0.25) is 0 Å². The van der Waals surface area contributed by atoms with E-state index in [9.17, 15) is 14.0 Å². The molecule has 5 nitrogen and oxygen atoms in total. The first kappa shape index (κ1) is 16.3. The third kappa shape index (κ3) is 2.94. The molecule has 0 spiro atoms. The molecule has 2 aromatic carbocycles. The van der Waals surface area contributed by atoms with Gasteiger partial charge in [0.1, 0.15) is 11.5 Å². The molecule has 1 fully saturated rings. The Hall–Kier alpha value is -3.15. The van der Waals surface area contributed by atoms with E-state index in [1.165, 1.54) is 22.9 Å². The maximum Gasteiger partial charge on any atom is 0.272 e. The Bertz CT molecular complexity index is 976. The molecule has 1 aliphatic rings. The van der Waals surface area contributed by atoms with Crippen LogP contribution in [-0.2, 0) is 0 Å². The Morgan fingerprint density at radius 3 is 2.54 bits per heavy atom. The van der Waals surface area contributed by atoms with Crippen molar-refractivity contribution < 1.29 is 9.18 Å². The fourth-order valence-electron chi connectivity index (χ4n) is 3.47.